The van der Waals surface area contributed by atoms with Gasteiger partial charge in [0.05, 0.1) is 0 Å². The molecule has 1 rings (SSSR count). The van der Waals surface area contributed by atoms with E-state index in [-0.39, 0.29) is 0 Å². The molecule has 78 valence electrons. The van der Waals surface area contributed by atoms with Crippen LogP contribution in [0.15, 0.2) is 29.2 Å². The molecule has 0 spiro atoms. The van der Waals surface area contributed by atoms with Gasteiger partial charge in [-0.2, -0.15) is 0 Å². The molecule has 0 aliphatic carbocycles. The molecule has 0 aliphatic rings. The Morgan fingerprint density at radius 3 is 2.29 bits per heavy atom. The average Bonchev–Trinajstić information content (AvgIpc) is 2.19. The second kappa shape index (κ2) is 5.97. The van der Waals surface area contributed by atoms with Crippen molar-refractivity contribution in [3.63, 3.8) is 0 Å². The minimum Gasteiger partial charge on any atom is -0.255 e. The maximum absolute atomic E-state index is 11.1. The van der Waals surface area contributed by atoms with Crippen molar-refractivity contribution in [1.29, 1.82) is 0 Å². The Balaban J connectivity index is 2.51. The zero-order valence-electron chi connectivity index (χ0n) is 8.95. The number of hydrogen-bond acceptors (Lipinski definition) is 1. The maximum atomic E-state index is 11.1. The summed E-state index contributed by atoms with van der Waals surface area (Å²) in [4.78, 5) is 0.921. The first-order valence-corrected chi connectivity index (χ1v) is 6.72. The number of benzene rings is 1. The van der Waals surface area contributed by atoms with Crippen molar-refractivity contribution >= 4 is 10.8 Å². The van der Waals surface area contributed by atoms with Gasteiger partial charge in [-0.25, -0.2) is 0 Å². The molecule has 14 heavy (non-hydrogen) atoms. The lowest BCUT2D eigenvalue weighted by molar-refractivity contribution is 0.686. The second-order valence-corrected chi connectivity index (χ2v) is 4.93. The SMILES string of the molecule is CCCCCc1ccc(S(C)=O)cc1. The Morgan fingerprint density at radius 2 is 1.79 bits per heavy atom. The molecular weight excluding hydrogens is 192 g/mol. The molecule has 0 amide bonds. The third-order valence-electron chi connectivity index (χ3n) is 2.32. The van der Waals surface area contributed by atoms with Crippen LogP contribution in [0.5, 0.6) is 0 Å². The molecule has 0 saturated heterocycles. The minimum absolute atomic E-state index is 0.845. The number of aryl methyl sites for hydroxylation is 1. The Kier molecular flexibility index (Phi) is 4.88. The fourth-order valence-electron chi connectivity index (χ4n) is 1.43. The van der Waals surface area contributed by atoms with E-state index in [1.807, 2.05) is 12.1 Å². The van der Waals surface area contributed by atoms with Gasteiger partial charge < -0.3 is 0 Å². The van der Waals surface area contributed by atoms with Crippen molar-refractivity contribution in [2.75, 3.05) is 6.26 Å². The molecule has 0 N–H and O–H groups in total. The molecule has 0 fully saturated rings. The summed E-state index contributed by atoms with van der Waals surface area (Å²) in [5, 5.41) is 0. The smallest absolute Gasteiger partial charge is 0.0498 e. The first-order valence-electron chi connectivity index (χ1n) is 5.16. The maximum Gasteiger partial charge on any atom is 0.0498 e. The van der Waals surface area contributed by atoms with Gasteiger partial charge in [-0.3, -0.25) is 4.21 Å². The fourth-order valence-corrected chi connectivity index (χ4v) is 1.95. The van der Waals surface area contributed by atoms with Crippen LogP contribution in [0, 0.1) is 0 Å². The van der Waals surface area contributed by atoms with Crippen LogP contribution in [0.3, 0.4) is 0 Å². The van der Waals surface area contributed by atoms with Crippen LogP contribution in [0.25, 0.3) is 0 Å². The van der Waals surface area contributed by atoms with E-state index < -0.39 is 10.8 Å². The van der Waals surface area contributed by atoms with Crippen molar-refractivity contribution in [3.8, 4) is 0 Å². The summed E-state index contributed by atoms with van der Waals surface area (Å²) < 4.78 is 11.1. The average molecular weight is 210 g/mol. The van der Waals surface area contributed by atoms with Crippen LogP contribution >= 0.6 is 0 Å². The highest BCUT2D eigenvalue weighted by Gasteiger charge is 1.97. The number of unbranched alkanes of at least 4 members (excludes halogenated alkanes) is 2. The van der Waals surface area contributed by atoms with E-state index in [2.05, 4.69) is 19.1 Å². The van der Waals surface area contributed by atoms with Gasteiger partial charge in [-0.1, -0.05) is 31.9 Å². The molecule has 1 aromatic rings. The van der Waals surface area contributed by atoms with Gasteiger partial charge in [0, 0.05) is 22.0 Å². The lowest BCUT2D eigenvalue weighted by Gasteiger charge is -2.01. The first kappa shape index (κ1) is 11.4. The third-order valence-corrected chi connectivity index (χ3v) is 3.26. The van der Waals surface area contributed by atoms with Crippen LogP contribution < -0.4 is 0 Å². The molecule has 1 aromatic carbocycles. The summed E-state index contributed by atoms with van der Waals surface area (Å²) in [7, 11) is -0.845. The summed E-state index contributed by atoms with van der Waals surface area (Å²) in [6.07, 6.45) is 6.67. The van der Waals surface area contributed by atoms with Crippen molar-refractivity contribution in [3.05, 3.63) is 29.8 Å². The largest absolute Gasteiger partial charge is 0.255 e. The van der Waals surface area contributed by atoms with E-state index in [9.17, 15) is 4.21 Å². The van der Waals surface area contributed by atoms with Gasteiger partial charge in [0.2, 0.25) is 0 Å². The van der Waals surface area contributed by atoms with Crippen molar-refractivity contribution in [2.24, 2.45) is 0 Å². The highest BCUT2D eigenvalue weighted by Crippen LogP contribution is 2.10. The monoisotopic (exact) mass is 210 g/mol. The summed E-state index contributed by atoms with van der Waals surface area (Å²) in [5.41, 5.74) is 1.35. The lowest BCUT2D eigenvalue weighted by Crippen LogP contribution is -1.89. The highest BCUT2D eigenvalue weighted by atomic mass is 32.2. The summed E-state index contributed by atoms with van der Waals surface area (Å²) in [5.74, 6) is 0. The summed E-state index contributed by atoms with van der Waals surface area (Å²) >= 11 is 0. The van der Waals surface area contributed by atoms with Gasteiger partial charge >= 0.3 is 0 Å². The van der Waals surface area contributed by atoms with E-state index in [0.717, 1.165) is 11.3 Å². The van der Waals surface area contributed by atoms with E-state index in [1.54, 1.807) is 6.26 Å². The van der Waals surface area contributed by atoms with Gasteiger partial charge in [0.1, 0.15) is 0 Å². The normalized spacial score (nSPS) is 12.7. The molecule has 0 aliphatic heterocycles. The molecule has 0 saturated carbocycles. The molecule has 1 nitrogen and oxygen atoms in total. The van der Waals surface area contributed by atoms with Crippen molar-refractivity contribution in [1.82, 2.24) is 0 Å². The zero-order chi connectivity index (χ0) is 10.4. The zero-order valence-corrected chi connectivity index (χ0v) is 9.77. The highest BCUT2D eigenvalue weighted by molar-refractivity contribution is 7.84. The van der Waals surface area contributed by atoms with Crippen LogP contribution in [0.2, 0.25) is 0 Å². The van der Waals surface area contributed by atoms with Crippen LogP contribution in [-0.2, 0) is 17.2 Å². The Bertz CT molecular complexity index is 290. The molecule has 1 atom stereocenters. The van der Waals surface area contributed by atoms with Gasteiger partial charge in [0.25, 0.3) is 0 Å². The summed E-state index contributed by atoms with van der Waals surface area (Å²) in [6, 6.07) is 8.12. The molecule has 0 aromatic heterocycles. The number of rotatable bonds is 5. The molecule has 0 radical (unpaired) electrons. The lowest BCUT2D eigenvalue weighted by atomic mass is 10.1. The Morgan fingerprint density at radius 1 is 1.14 bits per heavy atom. The Hall–Kier alpha value is -0.630. The van der Waals surface area contributed by atoms with E-state index >= 15 is 0 Å². The Labute approximate surface area is 89.0 Å². The van der Waals surface area contributed by atoms with Crippen LogP contribution in [0.4, 0.5) is 0 Å². The standard InChI is InChI=1S/C12H18OS/c1-3-4-5-6-11-7-9-12(10-8-11)14(2)13/h7-10H,3-6H2,1-2H3. The van der Waals surface area contributed by atoms with E-state index in [1.165, 1.54) is 24.8 Å². The van der Waals surface area contributed by atoms with E-state index in [4.69, 9.17) is 0 Å². The van der Waals surface area contributed by atoms with Gasteiger partial charge in [0.15, 0.2) is 0 Å². The fraction of sp³-hybridized carbons (Fsp3) is 0.500. The van der Waals surface area contributed by atoms with Crippen molar-refractivity contribution in [2.45, 2.75) is 37.5 Å². The van der Waals surface area contributed by atoms with Gasteiger partial charge in [-0.15, -0.1) is 0 Å². The minimum atomic E-state index is -0.845. The molecule has 1 unspecified atom stereocenters. The summed E-state index contributed by atoms with van der Waals surface area (Å²) in [6.45, 7) is 2.21. The van der Waals surface area contributed by atoms with E-state index in [0.29, 0.717) is 0 Å². The topological polar surface area (TPSA) is 17.1 Å². The predicted molar refractivity (Wildman–Crippen MR) is 62.0 cm³/mol. The van der Waals surface area contributed by atoms with Crippen LogP contribution in [0.1, 0.15) is 31.7 Å². The second-order valence-electron chi connectivity index (χ2n) is 3.56. The number of hydrogen-bond donors (Lipinski definition) is 0. The predicted octanol–water partition coefficient (Wildman–Crippen LogP) is 3.16. The molecule has 0 heterocycles. The molecular formula is C12H18OS. The molecule has 0 bridgehead atoms. The van der Waals surface area contributed by atoms with Crippen molar-refractivity contribution < 1.29 is 4.21 Å². The molecule has 2 heteroatoms. The first-order chi connectivity index (χ1) is 6.74. The van der Waals surface area contributed by atoms with Gasteiger partial charge in [-0.05, 0) is 30.5 Å². The third kappa shape index (κ3) is 3.62. The quantitative estimate of drug-likeness (QED) is 0.682. The van der Waals surface area contributed by atoms with Crippen LogP contribution in [-0.4, -0.2) is 10.5 Å².